The van der Waals surface area contributed by atoms with Crippen LogP contribution >= 0.6 is 0 Å². The van der Waals surface area contributed by atoms with Gasteiger partial charge < -0.3 is 0 Å². The maximum Gasteiger partial charge on any atom is -0.0107 e. The molecule has 0 unspecified atom stereocenters. The van der Waals surface area contributed by atoms with E-state index in [1.54, 1.807) is 0 Å². The van der Waals surface area contributed by atoms with E-state index < -0.39 is 0 Å². The molecule has 0 heterocycles. The molecule has 90 valence electrons. The molecule has 0 amide bonds. The van der Waals surface area contributed by atoms with Crippen LogP contribution in [0.2, 0.25) is 0 Å². The number of hydrogen-bond acceptors (Lipinski definition) is 0. The second-order valence-electron chi connectivity index (χ2n) is 2.85. The Morgan fingerprint density at radius 1 is 0.824 bits per heavy atom. The number of benzene rings is 1. The average molecular weight is 226 g/mol. The molecule has 17 heavy (non-hydrogen) atoms. The molecule has 1 aromatic carbocycles. The van der Waals surface area contributed by atoms with Gasteiger partial charge in [-0.15, -0.1) is 5.73 Å². The van der Waals surface area contributed by atoms with Crippen LogP contribution in [-0.2, 0) is 0 Å². The Hall–Kier alpha value is -1.78. The number of hydrogen-bond donors (Lipinski definition) is 0. The van der Waals surface area contributed by atoms with Gasteiger partial charge in [0.1, 0.15) is 0 Å². The summed E-state index contributed by atoms with van der Waals surface area (Å²) in [5.74, 6) is 0. The molecular formula is C17H22. The summed E-state index contributed by atoms with van der Waals surface area (Å²) in [6.45, 7) is 8.00. The molecule has 0 aromatic heterocycles. The third-order valence-electron chi connectivity index (χ3n) is 1.93. The Bertz CT molecular complexity index is 399. The predicted octanol–water partition coefficient (Wildman–Crippen LogP) is 5.40. The lowest BCUT2D eigenvalue weighted by molar-refractivity contribution is 1.50. The molecule has 0 spiro atoms. The molecule has 0 saturated heterocycles. The number of allylic oxidation sites excluding steroid dienone is 5. The van der Waals surface area contributed by atoms with Crippen LogP contribution in [0.1, 0.15) is 33.3 Å². The van der Waals surface area contributed by atoms with Crippen molar-refractivity contribution in [2.24, 2.45) is 0 Å². The first-order chi connectivity index (χ1) is 8.47. The van der Waals surface area contributed by atoms with Gasteiger partial charge in [-0.25, -0.2) is 0 Å². The van der Waals surface area contributed by atoms with Crippen LogP contribution in [-0.4, -0.2) is 0 Å². The van der Waals surface area contributed by atoms with Crippen molar-refractivity contribution in [2.75, 3.05) is 0 Å². The lowest BCUT2D eigenvalue weighted by atomic mass is 10.1. The average Bonchev–Trinajstić information content (AvgIpc) is 2.73. The highest BCUT2D eigenvalue weighted by Gasteiger charge is 1.94. The highest BCUT2D eigenvalue weighted by molar-refractivity contribution is 5.75. The van der Waals surface area contributed by atoms with Gasteiger partial charge in [-0.1, -0.05) is 76.3 Å². The highest BCUT2D eigenvalue weighted by atomic mass is 14.0. The van der Waals surface area contributed by atoms with Crippen molar-refractivity contribution in [2.45, 2.75) is 27.7 Å². The van der Waals surface area contributed by atoms with Crippen LogP contribution in [0.3, 0.4) is 0 Å². The second-order valence-corrected chi connectivity index (χ2v) is 2.85. The van der Waals surface area contributed by atoms with Gasteiger partial charge in [0.2, 0.25) is 0 Å². The van der Waals surface area contributed by atoms with E-state index in [9.17, 15) is 0 Å². The lowest BCUT2D eigenvalue weighted by Crippen LogP contribution is -1.77. The molecule has 0 radical (unpaired) electrons. The van der Waals surface area contributed by atoms with Crippen molar-refractivity contribution in [3.63, 3.8) is 0 Å². The quantitative estimate of drug-likeness (QED) is 0.562. The van der Waals surface area contributed by atoms with E-state index >= 15 is 0 Å². The zero-order valence-corrected chi connectivity index (χ0v) is 11.3. The monoisotopic (exact) mass is 226 g/mol. The zero-order chi connectivity index (χ0) is 12.9. The normalized spacial score (nSPS) is 11.4. The fourth-order valence-electron chi connectivity index (χ4n) is 1.27. The van der Waals surface area contributed by atoms with Crippen molar-refractivity contribution < 1.29 is 0 Å². The third kappa shape index (κ3) is 5.75. The minimum absolute atomic E-state index is 1.20. The third-order valence-corrected chi connectivity index (χ3v) is 1.93. The number of rotatable bonds is 1. The van der Waals surface area contributed by atoms with Crippen molar-refractivity contribution in [3.8, 4) is 0 Å². The maximum absolute atomic E-state index is 3.09. The molecule has 0 saturated carbocycles. The first-order valence-corrected chi connectivity index (χ1v) is 6.32. The highest BCUT2D eigenvalue weighted by Crippen LogP contribution is 2.15. The van der Waals surface area contributed by atoms with Crippen molar-refractivity contribution in [3.05, 3.63) is 72.0 Å². The summed E-state index contributed by atoms with van der Waals surface area (Å²) in [7, 11) is 0. The van der Waals surface area contributed by atoms with Gasteiger partial charge in [0.15, 0.2) is 0 Å². The summed E-state index contributed by atoms with van der Waals surface area (Å²) in [5, 5.41) is 0. The standard InChI is InChI=1S/C13H10.2C2H6/c1-2-5-9-12(8-4-1)13-10-6-3-7-11-13;2*1-2/h1-4,6-11H;2*1-2H3. The molecule has 0 nitrogen and oxygen atoms in total. The molecule has 0 N–H and O–H groups in total. The summed E-state index contributed by atoms with van der Waals surface area (Å²) in [6, 6.07) is 10.3. The van der Waals surface area contributed by atoms with E-state index in [-0.39, 0.29) is 0 Å². The minimum atomic E-state index is 1.20. The SMILES string of the molecule is C1=CC=CC=C(c2ccccc2)C=1.CC.CC. The fraction of sp³-hybridized carbons (Fsp3) is 0.235. The van der Waals surface area contributed by atoms with E-state index in [2.05, 4.69) is 23.9 Å². The smallest absolute Gasteiger partial charge is 0.0107 e. The molecule has 1 aliphatic carbocycles. The van der Waals surface area contributed by atoms with Crippen LogP contribution in [0.25, 0.3) is 5.57 Å². The first kappa shape index (κ1) is 15.2. The lowest BCUT2D eigenvalue weighted by Gasteiger charge is -1.98. The van der Waals surface area contributed by atoms with E-state index in [4.69, 9.17) is 0 Å². The second kappa shape index (κ2) is 10.7. The van der Waals surface area contributed by atoms with E-state index in [1.165, 1.54) is 11.1 Å². The van der Waals surface area contributed by atoms with Crippen LogP contribution in [0, 0.1) is 0 Å². The van der Waals surface area contributed by atoms with Gasteiger partial charge in [-0.2, -0.15) is 0 Å². The Balaban J connectivity index is 0.000000581. The van der Waals surface area contributed by atoms with Crippen LogP contribution in [0.5, 0.6) is 0 Å². The molecule has 0 bridgehead atoms. The summed E-state index contributed by atoms with van der Waals surface area (Å²) < 4.78 is 0. The van der Waals surface area contributed by atoms with Crippen LogP contribution in [0.4, 0.5) is 0 Å². The van der Waals surface area contributed by atoms with E-state index in [1.807, 2.05) is 70.2 Å². The molecule has 0 heteroatoms. The molecule has 1 aliphatic rings. The van der Waals surface area contributed by atoms with Crippen molar-refractivity contribution in [1.29, 1.82) is 0 Å². The van der Waals surface area contributed by atoms with Gasteiger partial charge in [0.25, 0.3) is 0 Å². The van der Waals surface area contributed by atoms with Crippen molar-refractivity contribution in [1.82, 2.24) is 0 Å². The topological polar surface area (TPSA) is 0 Å². The van der Waals surface area contributed by atoms with Gasteiger partial charge in [0.05, 0.1) is 0 Å². The molecule has 2 rings (SSSR count). The molecule has 1 aromatic rings. The summed E-state index contributed by atoms with van der Waals surface area (Å²) in [4.78, 5) is 0. The Labute approximate surface area is 106 Å². The van der Waals surface area contributed by atoms with E-state index in [0.29, 0.717) is 0 Å². The molecule has 0 fully saturated rings. The Kier molecular flexibility index (Phi) is 9.61. The van der Waals surface area contributed by atoms with Crippen molar-refractivity contribution >= 4 is 5.57 Å². The first-order valence-electron chi connectivity index (χ1n) is 6.32. The maximum atomic E-state index is 3.09. The summed E-state index contributed by atoms with van der Waals surface area (Å²) in [5.41, 5.74) is 5.52. The Morgan fingerprint density at radius 2 is 1.47 bits per heavy atom. The van der Waals surface area contributed by atoms with Gasteiger partial charge in [-0.3, -0.25) is 0 Å². The van der Waals surface area contributed by atoms with E-state index in [0.717, 1.165) is 0 Å². The summed E-state index contributed by atoms with van der Waals surface area (Å²) >= 11 is 0. The van der Waals surface area contributed by atoms with Crippen LogP contribution < -0.4 is 0 Å². The molecule has 0 atom stereocenters. The Morgan fingerprint density at radius 3 is 2.12 bits per heavy atom. The van der Waals surface area contributed by atoms with Gasteiger partial charge >= 0.3 is 0 Å². The molecule has 0 aliphatic heterocycles. The van der Waals surface area contributed by atoms with Gasteiger partial charge in [0, 0.05) is 0 Å². The molecular weight excluding hydrogens is 204 g/mol. The summed E-state index contributed by atoms with van der Waals surface area (Å²) in [6.07, 6.45) is 10.00. The minimum Gasteiger partial charge on any atom is -0.120 e. The van der Waals surface area contributed by atoms with Crippen LogP contribution in [0.15, 0.2) is 66.4 Å². The zero-order valence-electron chi connectivity index (χ0n) is 11.3. The predicted molar refractivity (Wildman–Crippen MR) is 78.9 cm³/mol. The van der Waals surface area contributed by atoms with Gasteiger partial charge in [-0.05, 0) is 23.3 Å². The largest absolute Gasteiger partial charge is 0.120 e. The fourth-order valence-corrected chi connectivity index (χ4v) is 1.27.